The Balaban J connectivity index is 2.18. The molecule has 0 amide bonds. The molecule has 0 spiro atoms. The number of hydrogen-bond acceptors (Lipinski definition) is 1. The lowest BCUT2D eigenvalue weighted by Crippen LogP contribution is -2.28. The minimum atomic E-state index is -0.179. The Hall–Kier alpha value is -0.360. The van der Waals surface area contributed by atoms with Crippen LogP contribution in [-0.2, 0) is 5.88 Å². The zero-order chi connectivity index (χ0) is 15.1. The molecule has 1 fully saturated rings. The van der Waals surface area contributed by atoms with Gasteiger partial charge < -0.3 is 4.57 Å². The van der Waals surface area contributed by atoms with Gasteiger partial charge in [-0.25, -0.2) is 9.37 Å². The van der Waals surface area contributed by atoms with E-state index in [0.717, 1.165) is 23.3 Å². The fraction of sp³-hybridized carbons (Fsp3) is 0.562. The number of fused-ring (bicyclic) bond motifs is 1. The van der Waals surface area contributed by atoms with Crippen LogP contribution in [-0.4, -0.2) is 9.55 Å². The average Bonchev–Trinajstić information content (AvgIpc) is 2.80. The first-order chi connectivity index (χ1) is 10.0. The molecule has 3 atom stereocenters. The molecule has 3 unspecified atom stereocenters. The molecule has 2 nitrogen and oxygen atoms in total. The topological polar surface area (TPSA) is 17.8 Å². The molecule has 1 aromatic carbocycles. The summed E-state index contributed by atoms with van der Waals surface area (Å²) >= 11 is 8.12. The predicted molar refractivity (Wildman–Crippen MR) is 93.2 cm³/mol. The van der Waals surface area contributed by atoms with E-state index in [9.17, 15) is 4.39 Å². The standard InChI is InChI=1S/C16H19ClFIN2/c1-9-4-3-5-14(10(9)2)21-15-6-11(18)12(19)7-13(15)20-16(21)8-17/h6-7,9-10,14H,3-5,8H2,1-2H3. The summed E-state index contributed by atoms with van der Waals surface area (Å²) in [5.41, 5.74) is 1.73. The van der Waals surface area contributed by atoms with Crippen molar-refractivity contribution < 1.29 is 4.39 Å². The third-order valence-electron chi connectivity index (χ3n) is 4.92. The van der Waals surface area contributed by atoms with Crippen LogP contribution in [0.3, 0.4) is 0 Å². The van der Waals surface area contributed by atoms with E-state index in [1.807, 2.05) is 28.7 Å². The number of aromatic nitrogens is 2. The largest absolute Gasteiger partial charge is 0.323 e. The van der Waals surface area contributed by atoms with Crippen molar-refractivity contribution in [3.63, 3.8) is 0 Å². The Morgan fingerprint density at radius 2 is 2.14 bits per heavy atom. The van der Waals surface area contributed by atoms with Gasteiger partial charge in [0, 0.05) is 12.1 Å². The Bertz CT molecular complexity index is 670. The SMILES string of the molecule is CC1CCCC(n2c(CCl)nc3cc(I)c(F)cc32)C1C. The van der Waals surface area contributed by atoms with Crippen LogP contribution in [0, 0.1) is 21.2 Å². The first-order valence-electron chi connectivity index (χ1n) is 7.44. The number of imidazole rings is 1. The van der Waals surface area contributed by atoms with Crippen molar-refractivity contribution >= 4 is 45.2 Å². The molecule has 0 bridgehead atoms. The summed E-state index contributed by atoms with van der Waals surface area (Å²) in [5.74, 6) is 2.28. The van der Waals surface area contributed by atoms with Crippen molar-refractivity contribution in [1.29, 1.82) is 0 Å². The minimum Gasteiger partial charge on any atom is -0.323 e. The number of alkyl halides is 1. The smallest absolute Gasteiger partial charge is 0.138 e. The van der Waals surface area contributed by atoms with E-state index in [1.54, 1.807) is 6.07 Å². The van der Waals surface area contributed by atoms with E-state index < -0.39 is 0 Å². The third-order valence-corrected chi connectivity index (χ3v) is 5.99. The number of halogens is 3. The van der Waals surface area contributed by atoms with Crippen LogP contribution in [0.2, 0.25) is 0 Å². The molecular formula is C16H19ClFIN2. The lowest BCUT2D eigenvalue weighted by atomic mass is 9.78. The number of benzene rings is 1. The van der Waals surface area contributed by atoms with Crippen LogP contribution in [0.4, 0.5) is 4.39 Å². The fourth-order valence-corrected chi connectivity index (χ4v) is 4.16. The highest BCUT2D eigenvalue weighted by Crippen LogP contribution is 2.40. The summed E-state index contributed by atoms with van der Waals surface area (Å²) in [7, 11) is 0. The first kappa shape index (κ1) is 15.5. The number of nitrogens with zero attached hydrogens (tertiary/aromatic N) is 2. The number of rotatable bonds is 2. The lowest BCUT2D eigenvalue weighted by Gasteiger charge is -2.36. The summed E-state index contributed by atoms with van der Waals surface area (Å²) in [6.45, 7) is 4.60. The van der Waals surface area contributed by atoms with E-state index in [4.69, 9.17) is 11.6 Å². The zero-order valence-electron chi connectivity index (χ0n) is 12.2. The normalized spacial score (nSPS) is 26.4. The molecule has 114 valence electrons. The summed E-state index contributed by atoms with van der Waals surface area (Å²) < 4.78 is 16.8. The Morgan fingerprint density at radius 3 is 2.86 bits per heavy atom. The molecule has 0 aliphatic heterocycles. The van der Waals surface area contributed by atoms with Crippen LogP contribution >= 0.6 is 34.2 Å². The van der Waals surface area contributed by atoms with Crippen molar-refractivity contribution in [2.24, 2.45) is 11.8 Å². The summed E-state index contributed by atoms with van der Waals surface area (Å²) in [6.07, 6.45) is 3.60. The van der Waals surface area contributed by atoms with Gasteiger partial charge in [0.1, 0.15) is 11.6 Å². The summed E-state index contributed by atoms with van der Waals surface area (Å²) in [4.78, 5) is 4.63. The van der Waals surface area contributed by atoms with Gasteiger partial charge in [-0.05, 0) is 46.9 Å². The average molecular weight is 421 g/mol. The van der Waals surface area contributed by atoms with E-state index in [2.05, 4.69) is 23.4 Å². The van der Waals surface area contributed by atoms with Gasteiger partial charge in [0.05, 0.1) is 20.5 Å². The van der Waals surface area contributed by atoms with Gasteiger partial charge in [-0.15, -0.1) is 11.6 Å². The second-order valence-corrected chi connectivity index (χ2v) is 7.55. The van der Waals surface area contributed by atoms with Crippen molar-refractivity contribution in [2.75, 3.05) is 0 Å². The van der Waals surface area contributed by atoms with E-state index in [-0.39, 0.29) is 5.82 Å². The third kappa shape index (κ3) is 2.69. The molecule has 1 aromatic heterocycles. The van der Waals surface area contributed by atoms with Gasteiger partial charge >= 0.3 is 0 Å². The van der Waals surface area contributed by atoms with Crippen LogP contribution in [0.15, 0.2) is 12.1 Å². The van der Waals surface area contributed by atoms with Crippen LogP contribution in [0.25, 0.3) is 11.0 Å². The van der Waals surface area contributed by atoms with Gasteiger partial charge in [-0.3, -0.25) is 0 Å². The monoisotopic (exact) mass is 420 g/mol. The Labute approximate surface area is 143 Å². The van der Waals surface area contributed by atoms with Gasteiger partial charge in [0.25, 0.3) is 0 Å². The first-order valence-corrected chi connectivity index (χ1v) is 9.06. The maximum Gasteiger partial charge on any atom is 0.138 e. The van der Waals surface area contributed by atoms with Crippen LogP contribution in [0.1, 0.15) is 45.0 Å². The van der Waals surface area contributed by atoms with Crippen molar-refractivity contribution in [3.05, 3.63) is 27.3 Å². The molecule has 21 heavy (non-hydrogen) atoms. The minimum absolute atomic E-state index is 0.179. The van der Waals surface area contributed by atoms with E-state index in [0.29, 0.717) is 27.3 Å². The van der Waals surface area contributed by atoms with Crippen molar-refractivity contribution in [2.45, 2.75) is 45.0 Å². The lowest BCUT2D eigenvalue weighted by molar-refractivity contribution is 0.187. The fourth-order valence-electron chi connectivity index (χ4n) is 3.52. The second kappa shape index (κ2) is 6.03. The summed E-state index contributed by atoms with van der Waals surface area (Å²) in [5, 5.41) is 0. The highest BCUT2D eigenvalue weighted by molar-refractivity contribution is 14.1. The second-order valence-electron chi connectivity index (χ2n) is 6.12. The molecule has 1 aliphatic rings. The van der Waals surface area contributed by atoms with E-state index >= 15 is 0 Å². The van der Waals surface area contributed by atoms with Crippen LogP contribution < -0.4 is 0 Å². The molecule has 2 aromatic rings. The molecule has 0 radical (unpaired) electrons. The molecule has 0 N–H and O–H groups in total. The molecular weight excluding hydrogens is 402 g/mol. The van der Waals surface area contributed by atoms with Gasteiger partial charge in [0.2, 0.25) is 0 Å². The van der Waals surface area contributed by atoms with Gasteiger partial charge in [-0.1, -0.05) is 26.7 Å². The zero-order valence-corrected chi connectivity index (χ0v) is 15.2. The Morgan fingerprint density at radius 1 is 1.38 bits per heavy atom. The molecule has 1 saturated carbocycles. The molecule has 1 aliphatic carbocycles. The molecule has 5 heteroatoms. The van der Waals surface area contributed by atoms with Crippen molar-refractivity contribution in [3.8, 4) is 0 Å². The molecule has 0 saturated heterocycles. The predicted octanol–water partition coefficient (Wildman–Crippen LogP) is 5.52. The van der Waals surface area contributed by atoms with Gasteiger partial charge in [-0.2, -0.15) is 0 Å². The summed E-state index contributed by atoms with van der Waals surface area (Å²) in [6, 6.07) is 3.80. The quantitative estimate of drug-likeness (QED) is 0.462. The maximum atomic E-state index is 14.0. The van der Waals surface area contributed by atoms with E-state index in [1.165, 1.54) is 12.8 Å². The van der Waals surface area contributed by atoms with Gasteiger partial charge in [0.15, 0.2) is 0 Å². The van der Waals surface area contributed by atoms with Crippen LogP contribution in [0.5, 0.6) is 0 Å². The molecule has 3 rings (SSSR count). The highest BCUT2D eigenvalue weighted by atomic mass is 127. The highest BCUT2D eigenvalue weighted by Gasteiger charge is 2.31. The number of hydrogen-bond donors (Lipinski definition) is 0. The van der Waals surface area contributed by atoms with Crippen molar-refractivity contribution in [1.82, 2.24) is 9.55 Å². The molecule has 1 heterocycles. The maximum absolute atomic E-state index is 14.0. The Kier molecular flexibility index (Phi) is 4.46.